The van der Waals surface area contributed by atoms with Crippen molar-refractivity contribution in [1.82, 2.24) is 9.78 Å². The Kier molecular flexibility index (Phi) is 4.17. The van der Waals surface area contributed by atoms with Crippen LogP contribution in [0.1, 0.15) is 15.9 Å². The first-order chi connectivity index (χ1) is 10.0. The van der Waals surface area contributed by atoms with E-state index in [1.165, 1.54) is 25.3 Å². The molecule has 2 rings (SSSR count). The van der Waals surface area contributed by atoms with Gasteiger partial charge in [-0.2, -0.15) is 5.10 Å². The Morgan fingerprint density at radius 1 is 1.52 bits per heavy atom. The van der Waals surface area contributed by atoms with E-state index in [0.717, 1.165) is 5.56 Å². The highest BCUT2D eigenvalue weighted by Crippen LogP contribution is 2.26. The van der Waals surface area contributed by atoms with E-state index in [9.17, 15) is 14.9 Å². The second-order valence-corrected chi connectivity index (χ2v) is 4.36. The van der Waals surface area contributed by atoms with Crippen LogP contribution in [0.4, 0.5) is 11.4 Å². The summed E-state index contributed by atoms with van der Waals surface area (Å²) in [6.45, 7) is 0.360. The van der Waals surface area contributed by atoms with Gasteiger partial charge in [0.1, 0.15) is 5.69 Å². The van der Waals surface area contributed by atoms with E-state index >= 15 is 0 Å². The lowest BCUT2D eigenvalue weighted by Crippen LogP contribution is -2.06. The van der Waals surface area contributed by atoms with Gasteiger partial charge in [0.05, 0.1) is 23.8 Å². The molecule has 8 heteroatoms. The maximum Gasteiger partial charge on any atom is 0.337 e. The number of benzene rings is 1. The summed E-state index contributed by atoms with van der Waals surface area (Å²) in [6, 6.07) is 4.04. The first-order valence-corrected chi connectivity index (χ1v) is 6.09. The van der Waals surface area contributed by atoms with Crippen molar-refractivity contribution < 1.29 is 14.5 Å². The fraction of sp³-hybridized carbons (Fsp3) is 0.231. The van der Waals surface area contributed by atoms with Crippen molar-refractivity contribution in [1.29, 1.82) is 0 Å². The van der Waals surface area contributed by atoms with Crippen LogP contribution in [0.5, 0.6) is 0 Å². The van der Waals surface area contributed by atoms with Gasteiger partial charge in [0, 0.05) is 31.4 Å². The molecule has 0 aliphatic heterocycles. The minimum absolute atomic E-state index is 0.105. The molecule has 0 spiro atoms. The van der Waals surface area contributed by atoms with Gasteiger partial charge >= 0.3 is 5.97 Å². The molecule has 0 amide bonds. The summed E-state index contributed by atoms with van der Waals surface area (Å²) in [7, 11) is 3.04. The number of methoxy groups -OCH3 is 1. The average Bonchev–Trinajstić information content (AvgIpc) is 2.89. The van der Waals surface area contributed by atoms with E-state index in [4.69, 9.17) is 0 Å². The van der Waals surface area contributed by atoms with Crippen LogP contribution in [-0.4, -0.2) is 27.8 Å². The van der Waals surface area contributed by atoms with E-state index in [0.29, 0.717) is 6.54 Å². The number of esters is 1. The fourth-order valence-electron chi connectivity index (χ4n) is 1.84. The first kappa shape index (κ1) is 14.5. The molecule has 0 unspecified atom stereocenters. The highest BCUT2D eigenvalue weighted by Gasteiger charge is 2.17. The van der Waals surface area contributed by atoms with Gasteiger partial charge in [0.15, 0.2) is 0 Å². The summed E-state index contributed by atoms with van der Waals surface area (Å²) < 4.78 is 6.24. The van der Waals surface area contributed by atoms with Gasteiger partial charge < -0.3 is 10.1 Å². The van der Waals surface area contributed by atoms with Gasteiger partial charge in [-0.15, -0.1) is 0 Å². The monoisotopic (exact) mass is 290 g/mol. The van der Waals surface area contributed by atoms with Crippen LogP contribution in [0.15, 0.2) is 30.6 Å². The second kappa shape index (κ2) is 6.04. The van der Waals surface area contributed by atoms with Crippen LogP contribution < -0.4 is 5.32 Å². The molecule has 0 atom stereocenters. The number of carbonyl (C=O) groups excluding carboxylic acids is 1. The van der Waals surface area contributed by atoms with Gasteiger partial charge in [-0.05, 0) is 12.1 Å². The van der Waals surface area contributed by atoms with E-state index in [2.05, 4.69) is 15.2 Å². The van der Waals surface area contributed by atoms with Crippen molar-refractivity contribution in [2.75, 3.05) is 12.4 Å². The number of ether oxygens (including phenoxy) is 1. The first-order valence-electron chi connectivity index (χ1n) is 6.09. The summed E-state index contributed by atoms with van der Waals surface area (Å²) in [6.07, 6.45) is 3.45. The minimum Gasteiger partial charge on any atom is -0.465 e. The lowest BCUT2D eigenvalue weighted by Gasteiger charge is -2.07. The maximum absolute atomic E-state index is 11.5. The number of nitro groups is 1. The van der Waals surface area contributed by atoms with E-state index < -0.39 is 10.9 Å². The van der Waals surface area contributed by atoms with Crippen LogP contribution in [0.25, 0.3) is 0 Å². The molecule has 110 valence electrons. The Hall–Kier alpha value is -2.90. The SMILES string of the molecule is COC(=O)c1ccc([N+](=O)[O-])c(NCc2cnn(C)c2)c1. The van der Waals surface area contributed by atoms with Crippen molar-refractivity contribution in [3.05, 3.63) is 51.8 Å². The quantitative estimate of drug-likeness (QED) is 0.511. The number of carbonyl (C=O) groups is 1. The summed E-state index contributed by atoms with van der Waals surface area (Å²) in [5, 5.41) is 18.0. The number of hydrogen-bond acceptors (Lipinski definition) is 6. The summed E-state index contributed by atoms with van der Waals surface area (Å²) in [4.78, 5) is 22.0. The van der Waals surface area contributed by atoms with Crippen LogP contribution in [0.3, 0.4) is 0 Å². The standard InChI is InChI=1S/C13H14N4O4/c1-16-8-9(7-15-16)6-14-11-5-10(13(18)21-2)3-4-12(11)17(19)20/h3-5,7-8,14H,6H2,1-2H3. The van der Waals surface area contributed by atoms with Crippen LogP contribution in [0, 0.1) is 10.1 Å². The molecule has 2 aromatic rings. The van der Waals surface area contributed by atoms with E-state index in [1.807, 2.05) is 0 Å². The van der Waals surface area contributed by atoms with Gasteiger partial charge in [-0.1, -0.05) is 0 Å². The molecule has 0 fully saturated rings. The molecule has 0 saturated heterocycles. The average molecular weight is 290 g/mol. The molecule has 0 aliphatic carbocycles. The van der Waals surface area contributed by atoms with E-state index in [-0.39, 0.29) is 16.9 Å². The normalized spacial score (nSPS) is 10.2. The highest BCUT2D eigenvalue weighted by molar-refractivity contribution is 5.91. The molecule has 1 heterocycles. The largest absolute Gasteiger partial charge is 0.465 e. The lowest BCUT2D eigenvalue weighted by molar-refractivity contribution is -0.384. The predicted octanol–water partition coefficient (Wildman–Crippen LogP) is 1.73. The molecule has 1 N–H and O–H groups in total. The molecule has 0 bridgehead atoms. The van der Waals surface area contributed by atoms with Gasteiger partial charge in [-0.25, -0.2) is 4.79 Å². The summed E-state index contributed by atoms with van der Waals surface area (Å²) in [5.41, 5.74) is 1.27. The molecular formula is C13H14N4O4. The zero-order valence-corrected chi connectivity index (χ0v) is 11.6. The number of hydrogen-bond donors (Lipinski definition) is 1. The third-order valence-electron chi connectivity index (χ3n) is 2.86. The number of anilines is 1. The van der Waals surface area contributed by atoms with Gasteiger partial charge in [-0.3, -0.25) is 14.8 Å². The Labute approximate surface area is 120 Å². The van der Waals surface area contributed by atoms with Crippen molar-refractivity contribution in [3.63, 3.8) is 0 Å². The molecule has 8 nitrogen and oxygen atoms in total. The Morgan fingerprint density at radius 3 is 2.86 bits per heavy atom. The van der Waals surface area contributed by atoms with E-state index in [1.54, 1.807) is 24.1 Å². The Bertz CT molecular complexity index is 681. The zero-order chi connectivity index (χ0) is 15.4. The maximum atomic E-state index is 11.5. The number of nitrogens with zero attached hydrogens (tertiary/aromatic N) is 3. The number of nitro benzene ring substituents is 1. The van der Waals surface area contributed by atoms with Crippen molar-refractivity contribution in [2.24, 2.45) is 7.05 Å². The van der Waals surface area contributed by atoms with Crippen molar-refractivity contribution >= 4 is 17.3 Å². The van der Waals surface area contributed by atoms with Crippen molar-refractivity contribution in [3.8, 4) is 0 Å². The van der Waals surface area contributed by atoms with Crippen LogP contribution >= 0.6 is 0 Å². The molecule has 21 heavy (non-hydrogen) atoms. The summed E-state index contributed by atoms with van der Waals surface area (Å²) >= 11 is 0. The number of rotatable bonds is 5. The third-order valence-corrected chi connectivity index (χ3v) is 2.86. The highest BCUT2D eigenvalue weighted by atomic mass is 16.6. The van der Waals surface area contributed by atoms with Crippen molar-refractivity contribution in [2.45, 2.75) is 6.54 Å². The Morgan fingerprint density at radius 2 is 2.29 bits per heavy atom. The topological polar surface area (TPSA) is 99.3 Å². The number of aryl methyl sites for hydroxylation is 1. The molecule has 1 aromatic heterocycles. The van der Waals surface area contributed by atoms with Gasteiger partial charge in [0.25, 0.3) is 5.69 Å². The minimum atomic E-state index is -0.547. The molecular weight excluding hydrogens is 276 g/mol. The van der Waals surface area contributed by atoms with Crippen LogP contribution in [0.2, 0.25) is 0 Å². The second-order valence-electron chi connectivity index (χ2n) is 4.36. The predicted molar refractivity (Wildman–Crippen MR) is 75.0 cm³/mol. The molecule has 0 saturated carbocycles. The zero-order valence-electron chi connectivity index (χ0n) is 11.6. The molecule has 1 aromatic carbocycles. The smallest absolute Gasteiger partial charge is 0.337 e. The molecule has 0 aliphatic rings. The Balaban J connectivity index is 2.25. The summed E-state index contributed by atoms with van der Waals surface area (Å²) in [5.74, 6) is -0.547. The lowest BCUT2D eigenvalue weighted by atomic mass is 10.1. The van der Waals surface area contributed by atoms with Gasteiger partial charge in [0.2, 0.25) is 0 Å². The third kappa shape index (κ3) is 3.35. The van der Waals surface area contributed by atoms with Crippen LogP contribution in [-0.2, 0) is 18.3 Å². The fourth-order valence-corrected chi connectivity index (χ4v) is 1.84. The number of aromatic nitrogens is 2. The number of nitrogens with one attached hydrogen (secondary N) is 1. The molecule has 0 radical (unpaired) electrons.